The Kier molecular flexibility index (Phi) is 5.26. The number of aryl methyl sites for hydroxylation is 1. The van der Waals surface area contributed by atoms with E-state index in [0.29, 0.717) is 29.1 Å². The Labute approximate surface area is 150 Å². The minimum atomic E-state index is -0.459. The Morgan fingerprint density at radius 3 is 2.65 bits per heavy atom. The first-order chi connectivity index (χ1) is 12.6. The van der Waals surface area contributed by atoms with Gasteiger partial charge in [-0.15, -0.1) is 0 Å². The smallest absolute Gasteiger partial charge is 0.419 e. The van der Waals surface area contributed by atoms with E-state index in [9.17, 15) is 9.59 Å². The average Bonchev–Trinajstić information content (AvgIpc) is 2.99. The molecule has 0 saturated heterocycles. The second-order valence-electron chi connectivity index (χ2n) is 5.70. The van der Waals surface area contributed by atoms with Crippen LogP contribution in [0.3, 0.4) is 0 Å². The van der Waals surface area contributed by atoms with Crippen LogP contribution in [0.25, 0.3) is 11.1 Å². The zero-order chi connectivity index (χ0) is 18.5. The fourth-order valence-corrected chi connectivity index (χ4v) is 2.72. The molecule has 0 bridgehead atoms. The Hall–Kier alpha value is -3.22. The van der Waals surface area contributed by atoms with E-state index in [1.807, 2.05) is 18.2 Å². The standard InChI is InChI=1S/C19H20N2O5/c1-24-16-8-7-13(11-17(16)25-2)12-20-18(22)9-10-21-14-5-3-4-6-15(14)26-19(21)23/h3-8,11H,9-10,12H2,1-2H3,(H,20,22). The van der Waals surface area contributed by atoms with Crippen LogP contribution in [0.1, 0.15) is 12.0 Å². The average molecular weight is 356 g/mol. The van der Waals surface area contributed by atoms with Crippen LogP contribution >= 0.6 is 0 Å². The molecule has 26 heavy (non-hydrogen) atoms. The van der Waals surface area contributed by atoms with E-state index >= 15 is 0 Å². The maximum Gasteiger partial charge on any atom is 0.419 e. The summed E-state index contributed by atoms with van der Waals surface area (Å²) in [5.74, 6) is 0.625. The van der Waals surface area contributed by atoms with Crippen molar-refractivity contribution in [3.63, 3.8) is 0 Å². The van der Waals surface area contributed by atoms with Gasteiger partial charge in [-0.1, -0.05) is 18.2 Å². The molecule has 3 rings (SSSR count). The quantitative estimate of drug-likeness (QED) is 0.702. The zero-order valence-corrected chi connectivity index (χ0v) is 14.7. The van der Waals surface area contributed by atoms with E-state index in [-0.39, 0.29) is 18.9 Å². The number of carbonyl (C=O) groups is 1. The van der Waals surface area contributed by atoms with Gasteiger partial charge >= 0.3 is 5.76 Å². The number of oxazole rings is 1. The van der Waals surface area contributed by atoms with Gasteiger partial charge < -0.3 is 19.2 Å². The zero-order valence-electron chi connectivity index (χ0n) is 14.7. The number of hydrogen-bond acceptors (Lipinski definition) is 5. The Morgan fingerprint density at radius 1 is 1.12 bits per heavy atom. The van der Waals surface area contributed by atoms with Crippen molar-refractivity contribution in [2.75, 3.05) is 14.2 Å². The predicted octanol–water partition coefficient (Wildman–Crippen LogP) is 2.32. The molecule has 136 valence electrons. The molecule has 0 fully saturated rings. The number of benzene rings is 2. The molecule has 1 aromatic heterocycles. The third-order valence-corrected chi connectivity index (χ3v) is 4.07. The first kappa shape index (κ1) is 17.6. The molecule has 7 nitrogen and oxygen atoms in total. The van der Waals surface area contributed by atoms with Gasteiger partial charge in [0.1, 0.15) is 0 Å². The number of carbonyl (C=O) groups excluding carboxylic acids is 1. The summed E-state index contributed by atoms with van der Waals surface area (Å²) in [7, 11) is 3.13. The summed E-state index contributed by atoms with van der Waals surface area (Å²) in [5, 5.41) is 2.84. The van der Waals surface area contributed by atoms with Crippen molar-refractivity contribution in [2.45, 2.75) is 19.5 Å². The van der Waals surface area contributed by atoms with Crippen molar-refractivity contribution in [2.24, 2.45) is 0 Å². The summed E-state index contributed by atoms with van der Waals surface area (Å²) in [4.78, 5) is 24.0. The van der Waals surface area contributed by atoms with Gasteiger partial charge in [-0.25, -0.2) is 4.79 Å². The molecule has 0 saturated carbocycles. The number of ether oxygens (including phenoxy) is 2. The van der Waals surface area contributed by atoms with Gasteiger partial charge in [0.25, 0.3) is 0 Å². The maximum atomic E-state index is 12.1. The van der Waals surface area contributed by atoms with Crippen molar-refractivity contribution in [1.82, 2.24) is 9.88 Å². The monoisotopic (exact) mass is 356 g/mol. The third kappa shape index (κ3) is 3.72. The number of aromatic nitrogens is 1. The second-order valence-corrected chi connectivity index (χ2v) is 5.70. The van der Waals surface area contributed by atoms with E-state index in [1.165, 1.54) is 4.57 Å². The van der Waals surface area contributed by atoms with Crippen molar-refractivity contribution in [1.29, 1.82) is 0 Å². The lowest BCUT2D eigenvalue weighted by Gasteiger charge is -2.10. The van der Waals surface area contributed by atoms with E-state index in [2.05, 4.69) is 5.32 Å². The molecule has 1 heterocycles. The van der Waals surface area contributed by atoms with Gasteiger partial charge in [0.2, 0.25) is 5.91 Å². The SMILES string of the molecule is COc1ccc(CNC(=O)CCn2c(=O)oc3ccccc32)cc1OC. The first-order valence-corrected chi connectivity index (χ1v) is 8.18. The van der Waals surface area contributed by atoms with Crippen LogP contribution in [0.5, 0.6) is 11.5 Å². The minimum absolute atomic E-state index is 0.156. The van der Waals surface area contributed by atoms with Crippen molar-refractivity contribution >= 4 is 17.0 Å². The van der Waals surface area contributed by atoms with Gasteiger partial charge in [0.05, 0.1) is 19.7 Å². The maximum absolute atomic E-state index is 12.1. The number of nitrogens with one attached hydrogen (secondary N) is 1. The van der Waals surface area contributed by atoms with E-state index in [0.717, 1.165) is 5.56 Å². The summed E-state index contributed by atoms with van der Waals surface area (Å²) in [6, 6.07) is 12.6. The predicted molar refractivity (Wildman–Crippen MR) is 96.5 cm³/mol. The number of nitrogens with zero attached hydrogens (tertiary/aromatic N) is 1. The first-order valence-electron chi connectivity index (χ1n) is 8.18. The van der Waals surface area contributed by atoms with Crippen molar-refractivity contribution in [3.05, 3.63) is 58.6 Å². The Morgan fingerprint density at radius 2 is 1.88 bits per heavy atom. The fourth-order valence-electron chi connectivity index (χ4n) is 2.72. The van der Waals surface area contributed by atoms with E-state index < -0.39 is 5.76 Å². The van der Waals surface area contributed by atoms with Gasteiger partial charge in [0.15, 0.2) is 17.1 Å². The number of amides is 1. The second kappa shape index (κ2) is 7.77. The molecule has 0 spiro atoms. The van der Waals surface area contributed by atoms with Gasteiger partial charge in [-0.2, -0.15) is 0 Å². The largest absolute Gasteiger partial charge is 0.493 e. The number of fused-ring (bicyclic) bond motifs is 1. The molecule has 0 unspecified atom stereocenters. The normalized spacial score (nSPS) is 10.7. The molecule has 0 aliphatic carbocycles. The molecule has 1 amide bonds. The lowest BCUT2D eigenvalue weighted by atomic mass is 10.2. The van der Waals surface area contributed by atoms with Gasteiger partial charge in [-0.3, -0.25) is 9.36 Å². The molecule has 2 aromatic carbocycles. The fraction of sp³-hybridized carbons (Fsp3) is 0.263. The molecule has 3 aromatic rings. The topological polar surface area (TPSA) is 82.7 Å². The lowest BCUT2D eigenvalue weighted by Crippen LogP contribution is -2.25. The molecule has 7 heteroatoms. The minimum Gasteiger partial charge on any atom is -0.493 e. The summed E-state index contributed by atoms with van der Waals surface area (Å²) in [6.07, 6.45) is 0.177. The Balaban J connectivity index is 1.59. The summed E-state index contributed by atoms with van der Waals surface area (Å²) < 4.78 is 17.1. The van der Waals surface area contributed by atoms with Crippen molar-refractivity contribution < 1.29 is 18.7 Å². The molecule has 0 aliphatic heterocycles. The highest BCUT2D eigenvalue weighted by molar-refractivity contribution is 5.76. The van der Waals surface area contributed by atoms with Crippen LogP contribution in [0.4, 0.5) is 0 Å². The number of rotatable bonds is 7. The molecule has 0 radical (unpaired) electrons. The molecule has 0 atom stereocenters. The van der Waals surface area contributed by atoms with E-state index in [4.69, 9.17) is 13.9 Å². The number of hydrogen-bond donors (Lipinski definition) is 1. The summed E-state index contributed by atoms with van der Waals surface area (Å²) in [6.45, 7) is 0.619. The molecular weight excluding hydrogens is 336 g/mol. The lowest BCUT2D eigenvalue weighted by molar-refractivity contribution is -0.121. The van der Waals surface area contributed by atoms with Crippen LogP contribution in [-0.2, 0) is 17.9 Å². The number of para-hydroxylation sites is 2. The van der Waals surface area contributed by atoms with Crippen LogP contribution in [0, 0.1) is 0 Å². The highest BCUT2D eigenvalue weighted by Crippen LogP contribution is 2.27. The van der Waals surface area contributed by atoms with Crippen LogP contribution in [0.2, 0.25) is 0 Å². The van der Waals surface area contributed by atoms with Crippen LogP contribution < -0.4 is 20.5 Å². The Bertz CT molecular complexity index is 973. The molecular formula is C19H20N2O5. The van der Waals surface area contributed by atoms with Gasteiger partial charge in [-0.05, 0) is 29.8 Å². The van der Waals surface area contributed by atoms with Crippen LogP contribution in [0.15, 0.2) is 51.7 Å². The third-order valence-electron chi connectivity index (χ3n) is 4.07. The van der Waals surface area contributed by atoms with Gasteiger partial charge in [0, 0.05) is 19.5 Å². The highest BCUT2D eigenvalue weighted by atomic mass is 16.5. The number of methoxy groups -OCH3 is 2. The van der Waals surface area contributed by atoms with Crippen molar-refractivity contribution in [3.8, 4) is 11.5 Å². The molecule has 0 aliphatic rings. The summed E-state index contributed by atoms with van der Waals surface area (Å²) >= 11 is 0. The van der Waals surface area contributed by atoms with Crippen LogP contribution in [-0.4, -0.2) is 24.7 Å². The van der Waals surface area contributed by atoms with E-state index in [1.54, 1.807) is 38.5 Å². The highest BCUT2D eigenvalue weighted by Gasteiger charge is 2.11. The summed E-state index contributed by atoms with van der Waals surface area (Å²) in [5.41, 5.74) is 2.09. The molecule has 1 N–H and O–H groups in total.